The van der Waals surface area contributed by atoms with Crippen molar-refractivity contribution in [3.63, 3.8) is 0 Å². The maximum Gasteiger partial charge on any atom is 0.340 e. The number of hydrogen-bond donors (Lipinski definition) is 1. The summed E-state index contributed by atoms with van der Waals surface area (Å²) in [4.78, 5) is 21.5. The first-order valence-corrected chi connectivity index (χ1v) is 4.66. The van der Waals surface area contributed by atoms with Gasteiger partial charge in [-0.25, -0.2) is 4.79 Å². The Kier molecular flexibility index (Phi) is 3.44. The van der Waals surface area contributed by atoms with Gasteiger partial charge in [0.05, 0.1) is 16.6 Å². The molecule has 0 aliphatic carbocycles. The van der Waals surface area contributed by atoms with Gasteiger partial charge in [0.25, 0.3) is 5.69 Å². The largest absolute Gasteiger partial charge is 0.459 e. The second kappa shape index (κ2) is 4.61. The number of anilines is 1. The van der Waals surface area contributed by atoms with Crippen molar-refractivity contribution in [3.05, 3.63) is 33.9 Å². The molecule has 2 N–H and O–H groups in total. The number of nitro groups is 1. The Hall–Kier alpha value is -2.11. The van der Waals surface area contributed by atoms with Crippen molar-refractivity contribution in [2.45, 2.75) is 20.0 Å². The fourth-order valence-electron chi connectivity index (χ4n) is 1.11. The molecule has 0 amide bonds. The molecule has 0 heterocycles. The molecular weight excluding hydrogens is 212 g/mol. The van der Waals surface area contributed by atoms with Gasteiger partial charge in [0, 0.05) is 17.8 Å². The molecule has 0 radical (unpaired) electrons. The van der Waals surface area contributed by atoms with Crippen molar-refractivity contribution in [2.75, 3.05) is 5.73 Å². The number of ether oxygens (including phenoxy) is 1. The summed E-state index contributed by atoms with van der Waals surface area (Å²) in [5.74, 6) is -0.656. The number of nitrogen functional groups attached to an aromatic ring is 1. The first kappa shape index (κ1) is 12.0. The van der Waals surface area contributed by atoms with E-state index in [1.54, 1.807) is 13.8 Å². The van der Waals surface area contributed by atoms with Crippen LogP contribution in [0.4, 0.5) is 11.4 Å². The van der Waals surface area contributed by atoms with Crippen LogP contribution in [0.1, 0.15) is 24.2 Å². The van der Waals surface area contributed by atoms with Crippen molar-refractivity contribution in [3.8, 4) is 0 Å². The number of benzene rings is 1. The van der Waals surface area contributed by atoms with Crippen LogP contribution in [-0.2, 0) is 4.74 Å². The van der Waals surface area contributed by atoms with E-state index in [9.17, 15) is 14.9 Å². The van der Waals surface area contributed by atoms with Gasteiger partial charge in [0.2, 0.25) is 0 Å². The maximum atomic E-state index is 11.5. The van der Waals surface area contributed by atoms with Crippen LogP contribution in [-0.4, -0.2) is 17.0 Å². The topological polar surface area (TPSA) is 95.5 Å². The summed E-state index contributed by atoms with van der Waals surface area (Å²) in [7, 11) is 0. The molecule has 0 saturated heterocycles. The van der Waals surface area contributed by atoms with Crippen molar-refractivity contribution >= 4 is 17.3 Å². The molecule has 6 heteroatoms. The number of hydrogen-bond acceptors (Lipinski definition) is 5. The smallest absolute Gasteiger partial charge is 0.340 e. The predicted molar refractivity (Wildman–Crippen MR) is 58.1 cm³/mol. The standard InChI is InChI=1S/C10H12N2O4/c1-6(2)16-10(13)8-5-7(12(14)15)3-4-9(8)11/h3-6H,11H2,1-2H3. The lowest BCUT2D eigenvalue weighted by Gasteiger charge is -2.09. The van der Waals surface area contributed by atoms with Crippen LogP contribution in [0.15, 0.2) is 18.2 Å². The van der Waals surface area contributed by atoms with E-state index in [1.165, 1.54) is 12.1 Å². The van der Waals surface area contributed by atoms with Crippen LogP contribution in [0, 0.1) is 10.1 Å². The van der Waals surface area contributed by atoms with Crippen molar-refractivity contribution in [2.24, 2.45) is 0 Å². The van der Waals surface area contributed by atoms with Gasteiger partial charge in [-0.15, -0.1) is 0 Å². The second-order valence-corrected chi connectivity index (χ2v) is 3.48. The Morgan fingerprint density at radius 1 is 1.50 bits per heavy atom. The number of esters is 1. The molecule has 0 bridgehead atoms. The molecular formula is C10H12N2O4. The minimum Gasteiger partial charge on any atom is -0.459 e. The molecule has 0 aliphatic heterocycles. The lowest BCUT2D eigenvalue weighted by molar-refractivity contribution is -0.384. The molecule has 6 nitrogen and oxygen atoms in total. The summed E-state index contributed by atoms with van der Waals surface area (Å²) in [6.07, 6.45) is -0.300. The van der Waals surface area contributed by atoms with E-state index in [1.807, 2.05) is 0 Å². The van der Waals surface area contributed by atoms with Crippen LogP contribution < -0.4 is 5.73 Å². The number of nitro benzene ring substituents is 1. The third kappa shape index (κ3) is 2.69. The molecule has 0 saturated carbocycles. The third-order valence-electron chi connectivity index (χ3n) is 1.81. The fourth-order valence-corrected chi connectivity index (χ4v) is 1.11. The summed E-state index contributed by atoms with van der Waals surface area (Å²) < 4.78 is 4.91. The molecule has 0 aliphatic rings. The average molecular weight is 224 g/mol. The van der Waals surface area contributed by atoms with E-state index in [-0.39, 0.29) is 23.0 Å². The number of nitrogens with two attached hydrogens (primary N) is 1. The number of nitrogens with zero attached hydrogens (tertiary/aromatic N) is 1. The normalized spacial score (nSPS) is 10.2. The van der Waals surface area contributed by atoms with Gasteiger partial charge in [-0.3, -0.25) is 10.1 Å². The summed E-state index contributed by atoms with van der Waals surface area (Å²) >= 11 is 0. The molecule has 0 fully saturated rings. The quantitative estimate of drug-likeness (QED) is 0.365. The summed E-state index contributed by atoms with van der Waals surface area (Å²) in [5, 5.41) is 10.5. The molecule has 86 valence electrons. The predicted octanol–water partition coefficient (Wildman–Crippen LogP) is 1.74. The molecule has 0 unspecified atom stereocenters. The number of carbonyl (C=O) groups excluding carboxylic acids is 1. The summed E-state index contributed by atoms with van der Waals surface area (Å²) in [6, 6.07) is 3.66. The van der Waals surface area contributed by atoms with Crippen LogP contribution in [0.5, 0.6) is 0 Å². The second-order valence-electron chi connectivity index (χ2n) is 3.48. The van der Waals surface area contributed by atoms with Crippen molar-refractivity contribution in [1.82, 2.24) is 0 Å². The highest BCUT2D eigenvalue weighted by molar-refractivity contribution is 5.95. The Morgan fingerprint density at radius 3 is 2.62 bits per heavy atom. The Morgan fingerprint density at radius 2 is 2.12 bits per heavy atom. The van der Waals surface area contributed by atoms with E-state index < -0.39 is 10.9 Å². The lowest BCUT2D eigenvalue weighted by atomic mass is 10.1. The van der Waals surface area contributed by atoms with Gasteiger partial charge in [-0.05, 0) is 19.9 Å². The van der Waals surface area contributed by atoms with Gasteiger partial charge in [-0.2, -0.15) is 0 Å². The summed E-state index contributed by atoms with van der Waals surface area (Å²) in [5.41, 5.74) is 5.53. The average Bonchev–Trinajstić information content (AvgIpc) is 2.16. The van der Waals surface area contributed by atoms with E-state index in [4.69, 9.17) is 10.5 Å². The zero-order valence-electron chi connectivity index (χ0n) is 8.97. The van der Waals surface area contributed by atoms with Gasteiger partial charge in [-0.1, -0.05) is 0 Å². The Bertz CT molecular complexity index is 429. The van der Waals surface area contributed by atoms with Gasteiger partial charge in [0.1, 0.15) is 0 Å². The van der Waals surface area contributed by atoms with Crippen LogP contribution in [0.2, 0.25) is 0 Å². The molecule has 1 rings (SSSR count). The van der Waals surface area contributed by atoms with Crippen LogP contribution in [0.3, 0.4) is 0 Å². The number of non-ortho nitro benzene ring substituents is 1. The molecule has 16 heavy (non-hydrogen) atoms. The van der Waals surface area contributed by atoms with Crippen LogP contribution in [0.25, 0.3) is 0 Å². The third-order valence-corrected chi connectivity index (χ3v) is 1.81. The first-order valence-electron chi connectivity index (χ1n) is 4.66. The molecule has 0 atom stereocenters. The first-order chi connectivity index (χ1) is 7.41. The van der Waals surface area contributed by atoms with Crippen molar-refractivity contribution in [1.29, 1.82) is 0 Å². The van der Waals surface area contributed by atoms with Gasteiger partial charge < -0.3 is 10.5 Å². The zero-order chi connectivity index (χ0) is 12.3. The SMILES string of the molecule is CC(C)OC(=O)c1cc([N+](=O)[O-])ccc1N. The van der Waals surface area contributed by atoms with Gasteiger partial charge >= 0.3 is 5.97 Å². The molecule has 0 spiro atoms. The Labute approximate surface area is 92.2 Å². The highest BCUT2D eigenvalue weighted by Crippen LogP contribution is 2.20. The molecule has 0 aromatic heterocycles. The van der Waals surface area contributed by atoms with E-state index in [0.29, 0.717) is 0 Å². The Balaban J connectivity index is 3.07. The number of carbonyl (C=O) groups is 1. The highest BCUT2D eigenvalue weighted by Gasteiger charge is 2.17. The van der Waals surface area contributed by atoms with E-state index in [0.717, 1.165) is 6.07 Å². The number of rotatable bonds is 3. The highest BCUT2D eigenvalue weighted by atomic mass is 16.6. The lowest BCUT2D eigenvalue weighted by Crippen LogP contribution is -2.13. The minimum absolute atomic E-state index is 0.0166. The van der Waals surface area contributed by atoms with Crippen LogP contribution >= 0.6 is 0 Å². The molecule has 1 aromatic carbocycles. The zero-order valence-corrected chi connectivity index (χ0v) is 8.97. The minimum atomic E-state index is -0.656. The van der Waals surface area contributed by atoms with E-state index >= 15 is 0 Å². The maximum absolute atomic E-state index is 11.5. The van der Waals surface area contributed by atoms with E-state index in [2.05, 4.69) is 0 Å². The van der Waals surface area contributed by atoms with Gasteiger partial charge in [0.15, 0.2) is 0 Å². The fraction of sp³-hybridized carbons (Fsp3) is 0.300. The molecule has 1 aromatic rings. The monoisotopic (exact) mass is 224 g/mol. The van der Waals surface area contributed by atoms with Crippen molar-refractivity contribution < 1.29 is 14.5 Å². The summed E-state index contributed by atoms with van der Waals surface area (Å²) in [6.45, 7) is 3.37.